The first-order valence-electron chi connectivity index (χ1n) is 8.86. The van der Waals surface area contributed by atoms with Crippen molar-refractivity contribution in [2.24, 2.45) is 4.99 Å². The molecule has 8 heteroatoms. The number of rotatable bonds is 5. The molecule has 5 nitrogen and oxygen atoms in total. The van der Waals surface area contributed by atoms with Gasteiger partial charge < -0.3 is 15.5 Å². The molecule has 1 atom stereocenters. The van der Waals surface area contributed by atoms with Crippen LogP contribution >= 0.6 is 35.3 Å². The molecule has 1 fully saturated rings. The van der Waals surface area contributed by atoms with Crippen molar-refractivity contribution in [3.8, 4) is 0 Å². The molecule has 0 spiro atoms. The van der Waals surface area contributed by atoms with Crippen LogP contribution in [0.4, 0.5) is 10.2 Å². The fourth-order valence-electron chi connectivity index (χ4n) is 3.12. The Hall–Kier alpha value is -1.42. The average Bonchev–Trinajstić information content (AvgIpc) is 3.31. The number of anilines is 1. The summed E-state index contributed by atoms with van der Waals surface area (Å²) in [5, 5.41) is 8.99. The molecule has 27 heavy (non-hydrogen) atoms. The van der Waals surface area contributed by atoms with Crippen LogP contribution in [0.5, 0.6) is 0 Å². The molecule has 2 aromatic rings. The molecule has 0 aliphatic carbocycles. The third-order valence-electron chi connectivity index (χ3n) is 4.68. The van der Waals surface area contributed by atoms with Gasteiger partial charge >= 0.3 is 0 Å². The Balaban J connectivity index is 0.00000261. The average molecular weight is 503 g/mol. The number of halogens is 2. The molecule has 1 unspecified atom stereocenters. The number of guanidine groups is 1. The van der Waals surface area contributed by atoms with E-state index in [0.717, 1.165) is 25.5 Å². The number of hydrogen-bond acceptors (Lipinski definition) is 4. The number of pyridine rings is 1. The molecule has 0 radical (unpaired) electrons. The van der Waals surface area contributed by atoms with Gasteiger partial charge in [0.15, 0.2) is 17.6 Å². The summed E-state index contributed by atoms with van der Waals surface area (Å²) in [4.78, 5) is 11.8. The fourth-order valence-corrected chi connectivity index (χ4v) is 3.98. The molecule has 2 aromatic heterocycles. The number of thiophene rings is 1. The third-order valence-corrected chi connectivity index (χ3v) is 5.91. The van der Waals surface area contributed by atoms with Crippen molar-refractivity contribution in [1.82, 2.24) is 15.6 Å². The van der Waals surface area contributed by atoms with Crippen LogP contribution in [0.2, 0.25) is 0 Å². The summed E-state index contributed by atoms with van der Waals surface area (Å²) in [6.45, 7) is 6.73. The van der Waals surface area contributed by atoms with E-state index in [2.05, 4.69) is 52.0 Å². The van der Waals surface area contributed by atoms with Crippen molar-refractivity contribution in [1.29, 1.82) is 0 Å². The first kappa shape index (κ1) is 21.9. The Morgan fingerprint density at radius 1 is 1.41 bits per heavy atom. The minimum atomic E-state index is -0.270. The summed E-state index contributed by atoms with van der Waals surface area (Å²) in [7, 11) is 1.78. The van der Waals surface area contributed by atoms with E-state index >= 15 is 0 Å². The molecule has 0 bridgehead atoms. The molecule has 3 rings (SSSR count). The van der Waals surface area contributed by atoms with E-state index < -0.39 is 0 Å². The molecule has 0 saturated carbocycles. The molecular formula is C19H27FIN5S. The van der Waals surface area contributed by atoms with E-state index in [9.17, 15) is 4.39 Å². The highest BCUT2D eigenvalue weighted by Crippen LogP contribution is 2.26. The molecule has 148 valence electrons. The largest absolute Gasteiger partial charge is 0.356 e. The van der Waals surface area contributed by atoms with Crippen LogP contribution in [0.3, 0.4) is 0 Å². The van der Waals surface area contributed by atoms with Crippen LogP contribution in [0.1, 0.15) is 25.1 Å². The van der Waals surface area contributed by atoms with Gasteiger partial charge in [-0.25, -0.2) is 9.37 Å². The lowest BCUT2D eigenvalue weighted by Crippen LogP contribution is -2.47. The van der Waals surface area contributed by atoms with Crippen molar-refractivity contribution < 1.29 is 4.39 Å². The van der Waals surface area contributed by atoms with Gasteiger partial charge in [0.1, 0.15) is 0 Å². The van der Waals surface area contributed by atoms with Crippen LogP contribution in [0, 0.1) is 5.82 Å². The van der Waals surface area contributed by atoms with Crippen molar-refractivity contribution >= 4 is 47.1 Å². The van der Waals surface area contributed by atoms with E-state index in [1.807, 2.05) is 4.90 Å². The second-order valence-corrected chi connectivity index (χ2v) is 8.12. The number of aromatic nitrogens is 1. The maximum atomic E-state index is 13.9. The lowest BCUT2D eigenvalue weighted by atomic mass is 9.91. The summed E-state index contributed by atoms with van der Waals surface area (Å²) in [6, 6.07) is 7.53. The van der Waals surface area contributed by atoms with Gasteiger partial charge in [-0.1, -0.05) is 19.9 Å². The van der Waals surface area contributed by atoms with Gasteiger partial charge in [-0.3, -0.25) is 4.99 Å². The van der Waals surface area contributed by atoms with Gasteiger partial charge in [-0.2, -0.15) is 0 Å². The highest BCUT2D eigenvalue weighted by molar-refractivity contribution is 14.0. The van der Waals surface area contributed by atoms with Crippen LogP contribution < -0.4 is 15.5 Å². The summed E-state index contributed by atoms with van der Waals surface area (Å²) < 4.78 is 13.9. The quantitative estimate of drug-likeness (QED) is 0.372. The zero-order valence-corrected chi connectivity index (χ0v) is 19.1. The Morgan fingerprint density at radius 2 is 2.22 bits per heavy atom. The van der Waals surface area contributed by atoms with Crippen molar-refractivity contribution in [3.05, 3.63) is 46.5 Å². The number of nitrogens with zero attached hydrogens (tertiary/aromatic N) is 3. The van der Waals surface area contributed by atoms with E-state index in [4.69, 9.17) is 0 Å². The van der Waals surface area contributed by atoms with E-state index in [0.29, 0.717) is 12.4 Å². The smallest absolute Gasteiger partial charge is 0.191 e. The van der Waals surface area contributed by atoms with E-state index in [1.165, 1.54) is 10.9 Å². The Labute approximate surface area is 181 Å². The zero-order valence-electron chi connectivity index (χ0n) is 15.9. The van der Waals surface area contributed by atoms with Crippen LogP contribution in [0.15, 0.2) is 40.8 Å². The monoisotopic (exact) mass is 503 g/mol. The minimum absolute atomic E-state index is 0. The van der Waals surface area contributed by atoms with Gasteiger partial charge in [0, 0.05) is 49.2 Å². The van der Waals surface area contributed by atoms with Gasteiger partial charge in [0.25, 0.3) is 0 Å². The number of nitrogens with one attached hydrogen (secondary N) is 2. The van der Waals surface area contributed by atoms with Crippen molar-refractivity contribution in [2.75, 3.05) is 31.6 Å². The highest BCUT2D eigenvalue weighted by atomic mass is 127. The Bertz CT molecular complexity index is 750. The van der Waals surface area contributed by atoms with Crippen molar-refractivity contribution in [2.45, 2.75) is 31.7 Å². The van der Waals surface area contributed by atoms with Gasteiger partial charge in [0.05, 0.1) is 0 Å². The first-order valence-corrected chi connectivity index (χ1v) is 9.74. The normalized spacial score (nSPS) is 17.6. The van der Waals surface area contributed by atoms with Gasteiger partial charge in [0.2, 0.25) is 0 Å². The van der Waals surface area contributed by atoms with Gasteiger partial charge in [-0.05, 0) is 30.0 Å². The second-order valence-electron chi connectivity index (χ2n) is 7.17. The molecular weight excluding hydrogens is 476 g/mol. The van der Waals surface area contributed by atoms with E-state index in [1.54, 1.807) is 30.6 Å². The molecule has 3 heterocycles. The third kappa shape index (κ3) is 5.54. The standard InChI is InChI=1S/C19H26FN5S.HI/c1-19(2,16-7-5-11-26-16)13-23-18(21-3)24-14-8-10-25(12-14)17-15(20)6-4-9-22-17;/h4-7,9,11,14H,8,10,12-13H2,1-3H3,(H2,21,23,24);1H. The van der Waals surface area contributed by atoms with E-state index in [-0.39, 0.29) is 41.3 Å². The maximum Gasteiger partial charge on any atom is 0.191 e. The minimum Gasteiger partial charge on any atom is -0.356 e. The summed E-state index contributed by atoms with van der Waals surface area (Å²) in [5.41, 5.74) is 0.0323. The molecule has 2 N–H and O–H groups in total. The molecule has 1 saturated heterocycles. The second kappa shape index (κ2) is 9.68. The molecule has 0 amide bonds. The van der Waals surface area contributed by atoms with Gasteiger partial charge in [-0.15, -0.1) is 35.3 Å². The Morgan fingerprint density at radius 3 is 2.89 bits per heavy atom. The SMILES string of the molecule is CN=C(NCC(C)(C)c1cccs1)NC1CCN(c2ncccc2F)C1.I. The molecule has 1 aliphatic rings. The summed E-state index contributed by atoms with van der Waals surface area (Å²) >= 11 is 1.77. The highest BCUT2D eigenvalue weighted by Gasteiger charge is 2.27. The number of aliphatic imine (C=N–C) groups is 1. The summed E-state index contributed by atoms with van der Waals surface area (Å²) in [5.74, 6) is 0.940. The lowest BCUT2D eigenvalue weighted by molar-refractivity contribution is 0.514. The lowest BCUT2D eigenvalue weighted by Gasteiger charge is -2.26. The first-order chi connectivity index (χ1) is 12.5. The number of hydrogen-bond donors (Lipinski definition) is 2. The van der Waals surface area contributed by atoms with Crippen molar-refractivity contribution in [3.63, 3.8) is 0 Å². The van der Waals surface area contributed by atoms with Crippen LogP contribution in [0.25, 0.3) is 0 Å². The predicted octanol–water partition coefficient (Wildman–Crippen LogP) is 3.62. The predicted molar refractivity (Wildman–Crippen MR) is 122 cm³/mol. The summed E-state index contributed by atoms with van der Waals surface area (Å²) in [6.07, 6.45) is 2.55. The maximum absolute atomic E-state index is 13.9. The molecule has 0 aromatic carbocycles. The Kier molecular flexibility index (Phi) is 7.84. The zero-order chi connectivity index (χ0) is 18.6. The van der Waals surface area contributed by atoms with Crippen LogP contribution in [-0.4, -0.2) is 43.7 Å². The topological polar surface area (TPSA) is 52.6 Å². The van der Waals surface area contributed by atoms with Crippen LogP contribution in [-0.2, 0) is 5.41 Å². The molecule has 1 aliphatic heterocycles. The fraction of sp³-hybridized carbons (Fsp3) is 0.474.